The largest absolute Gasteiger partial charge is 0.329 e. The zero-order chi connectivity index (χ0) is 14.6. The lowest BCUT2D eigenvalue weighted by molar-refractivity contribution is 0.264. The van der Waals surface area contributed by atoms with Gasteiger partial charge in [-0.15, -0.1) is 0 Å². The van der Waals surface area contributed by atoms with Gasteiger partial charge in [0.1, 0.15) is 9.84 Å². The fourth-order valence-corrected chi connectivity index (χ4v) is 2.87. The number of benzene rings is 1. The van der Waals surface area contributed by atoms with E-state index in [1.807, 2.05) is 37.1 Å². The van der Waals surface area contributed by atoms with Crippen molar-refractivity contribution in [3.05, 3.63) is 33.8 Å². The molecule has 0 bridgehead atoms. The molecule has 1 aromatic rings. The molecule has 2 N–H and O–H groups in total. The summed E-state index contributed by atoms with van der Waals surface area (Å²) in [4.78, 5) is 1.98. The van der Waals surface area contributed by atoms with E-state index in [1.54, 1.807) is 0 Å². The average molecular weight is 349 g/mol. The summed E-state index contributed by atoms with van der Waals surface area (Å²) < 4.78 is 23.5. The van der Waals surface area contributed by atoms with Crippen LogP contribution in [0.25, 0.3) is 0 Å². The summed E-state index contributed by atoms with van der Waals surface area (Å²) in [6.45, 7) is 2.96. The molecule has 0 fully saturated rings. The van der Waals surface area contributed by atoms with Gasteiger partial charge < -0.3 is 5.73 Å². The maximum atomic E-state index is 11.2. The van der Waals surface area contributed by atoms with Crippen molar-refractivity contribution in [1.82, 2.24) is 4.90 Å². The van der Waals surface area contributed by atoms with Crippen LogP contribution < -0.4 is 5.73 Å². The zero-order valence-corrected chi connectivity index (χ0v) is 14.0. The second-order valence-corrected chi connectivity index (χ2v) is 7.98. The minimum atomic E-state index is -2.95. The SMILES string of the molecule is Cc1ccc(C(CN)N(C)CCS(C)(=O)=O)cc1Br. The monoisotopic (exact) mass is 348 g/mol. The van der Waals surface area contributed by atoms with Crippen molar-refractivity contribution < 1.29 is 8.42 Å². The Bertz CT molecular complexity index is 531. The van der Waals surface area contributed by atoms with Crippen LogP contribution in [0.15, 0.2) is 22.7 Å². The molecule has 0 saturated carbocycles. The highest BCUT2D eigenvalue weighted by molar-refractivity contribution is 9.10. The number of sulfone groups is 1. The molecule has 0 radical (unpaired) electrons. The second-order valence-electron chi connectivity index (χ2n) is 4.87. The summed E-state index contributed by atoms with van der Waals surface area (Å²) in [7, 11) is -1.05. The van der Waals surface area contributed by atoms with E-state index in [4.69, 9.17) is 5.73 Å². The van der Waals surface area contributed by atoms with Crippen molar-refractivity contribution in [2.45, 2.75) is 13.0 Å². The highest BCUT2D eigenvalue weighted by atomic mass is 79.9. The van der Waals surface area contributed by atoms with Gasteiger partial charge in [-0.2, -0.15) is 0 Å². The fraction of sp³-hybridized carbons (Fsp3) is 0.538. The van der Waals surface area contributed by atoms with E-state index in [9.17, 15) is 8.42 Å². The molecule has 6 heteroatoms. The summed E-state index contributed by atoms with van der Waals surface area (Å²) in [5.41, 5.74) is 8.09. The molecule has 1 atom stereocenters. The molecular weight excluding hydrogens is 328 g/mol. The van der Waals surface area contributed by atoms with Crippen molar-refractivity contribution in [2.75, 3.05) is 32.1 Å². The van der Waals surface area contributed by atoms with E-state index in [0.29, 0.717) is 13.1 Å². The van der Waals surface area contributed by atoms with Crippen LogP contribution in [-0.4, -0.2) is 45.5 Å². The van der Waals surface area contributed by atoms with E-state index in [1.165, 1.54) is 11.8 Å². The van der Waals surface area contributed by atoms with Crippen LogP contribution >= 0.6 is 15.9 Å². The van der Waals surface area contributed by atoms with E-state index in [2.05, 4.69) is 15.9 Å². The maximum Gasteiger partial charge on any atom is 0.148 e. The first kappa shape index (κ1) is 16.6. The molecule has 0 aromatic heterocycles. The van der Waals surface area contributed by atoms with Crippen LogP contribution in [0, 0.1) is 6.92 Å². The maximum absolute atomic E-state index is 11.2. The van der Waals surface area contributed by atoms with Gasteiger partial charge in [-0.1, -0.05) is 28.1 Å². The van der Waals surface area contributed by atoms with Gasteiger partial charge in [-0.25, -0.2) is 8.42 Å². The van der Waals surface area contributed by atoms with Crippen LogP contribution in [0.3, 0.4) is 0 Å². The Kier molecular flexibility index (Phi) is 5.98. The standard InChI is InChI=1S/C13H21BrN2O2S/c1-10-4-5-11(8-12(10)14)13(9-15)16(2)6-7-19(3,17)18/h4-5,8,13H,6-7,9,15H2,1-3H3. The van der Waals surface area contributed by atoms with Gasteiger partial charge in [-0.3, -0.25) is 4.90 Å². The Morgan fingerprint density at radius 1 is 1.42 bits per heavy atom. The minimum absolute atomic E-state index is 0.0265. The van der Waals surface area contributed by atoms with E-state index >= 15 is 0 Å². The van der Waals surface area contributed by atoms with Crippen molar-refractivity contribution in [2.24, 2.45) is 5.73 Å². The third kappa shape index (κ3) is 5.22. The first-order valence-electron chi connectivity index (χ1n) is 6.08. The number of nitrogens with zero attached hydrogens (tertiary/aromatic N) is 1. The highest BCUT2D eigenvalue weighted by Crippen LogP contribution is 2.24. The van der Waals surface area contributed by atoms with E-state index in [0.717, 1.165) is 10.0 Å². The predicted octanol–water partition coefficient (Wildman–Crippen LogP) is 1.73. The molecule has 0 aliphatic rings. The van der Waals surface area contributed by atoms with Crippen molar-refractivity contribution in [1.29, 1.82) is 0 Å². The van der Waals surface area contributed by atoms with Crippen molar-refractivity contribution in [3.63, 3.8) is 0 Å². The number of hydrogen-bond donors (Lipinski definition) is 1. The molecule has 0 heterocycles. The normalized spacial score (nSPS) is 13.8. The van der Waals surface area contributed by atoms with Gasteiger partial charge in [0.15, 0.2) is 0 Å². The molecule has 0 amide bonds. The minimum Gasteiger partial charge on any atom is -0.329 e. The molecule has 0 aliphatic heterocycles. The van der Waals surface area contributed by atoms with Gasteiger partial charge in [0.05, 0.1) is 5.75 Å². The summed E-state index contributed by atoms with van der Waals surface area (Å²) in [5.74, 6) is 0.146. The van der Waals surface area contributed by atoms with Crippen molar-refractivity contribution >= 4 is 25.8 Å². The molecule has 0 spiro atoms. The number of hydrogen-bond acceptors (Lipinski definition) is 4. The van der Waals surface area contributed by atoms with E-state index in [-0.39, 0.29) is 11.8 Å². The zero-order valence-electron chi connectivity index (χ0n) is 11.6. The van der Waals surface area contributed by atoms with Crippen LogP contribution in [0.5, 0.6) is 0 Å². The number of halogens is 1. The van der Waals surface area contributed by atoms with Crippen LogP contribution in [0.2, 0.25) is 0 Å². The Morgan fingerprint density at radius 2 is 2.05 bits per heavy atom. The van der Waals surface area contributed by atoms with Gasteiger partial charge in [0.25, 0.3) is 0 Å². The van der Waals surface area contributed by atoms with Gasteiger partial charge in [0.2, 0.25) is 0 Å². The summed E-state index contributed by atoms with van der Waals surface area (Å²) in [6.07, 6.45) is 1.25. The lowest BCUT2D eigenvalue weighted by Crippen LogP contribution is -2.34. The molecule has 19 heavy (non-hydrogen) atoms. The van der Waals surface area contributed by atoms with Gasteiger partial charge >= 0.3 is 0 Å². The Labute approximate surface area is 124 Å². The molecule has 0 aliphatic carbocycles. The quantitative estimate of drug-likeness (QED) is 0.850. The molecule has 1 unspecified atom stereocenters. The van der Waals surface area contributed by atoms with Crippen LogP contribution in [0.1, 0.15) is 17.2 Å². The average Bonchev–Trinajstić information content (AvgIpc) is 2.31. The molecule has 1 aromatic carbocycles. The van der Waals surface area contributed by atoms with Crippen LogP contribution in [0.4, 0.5) is 0 Å². The topological polar surface area (TPSA) is 63.4 Å². The lowest BCUT2D eigenvalue weighted by atomic mass is 10.0. The summed E-state index contributed by atoms with van der Waals surface area (Å²) in [6, 6.07) is 6.14. The number of nitrogens with two attached hydrogens (primary N) is 1. The van der Waals surface area contributed by atoms with Crippen molar-refractivity contribution in [3.8, 4) is 0 Å². The Morgan fingerprint density at radius 3 is 2.53 bits per heavy atom. The third-order valence-electron chi connectivity index (χ3n) is 3.15. The molecule has 4 nitrogen and oxygen atoms in total. The first-order chi connectivity index (χ1) is 8.74. The second kappa shape index (κ2) is 6.83. The molecule has 0 saturated heterocycles. The number of aryl methyl sites for hydroxylation is 1. The fourth-order valence-electron chi connectivity index (χ4n) is 1.85. The number of rotatable bonds is 6. The Balaban J connectivity index is 2.84. The highest BCUT2D eigenvalue weighted by Gasteiger charge is 2.17. The molecular formula is C13H21BrN2O2S. The Hall–Kier alpha value is -0.430. The smallest absolute Gasteiger partial charge is 0.148 e. The third-order valence-corrected chi connectivity index (χ3v) is 4.93. The first-order valence-corrected chi connectivity index (χ1v) is 8.94. The lowest BCUT2D eigenvalue weighted by Gasteiger charge is -2.27. The summed E-state index contributed by atoms with van der Waals surface area (Å²) >= 11 is 3.51. The van der Waals surface area contributed by atoms with Gasteiger partial charge in [0, 0.05) is 29.9 Å². The molecule has 1 rings (SSSR count). The molecule has 108 valence electrons. The number of likely N-dealkylation sites (N-methyl/N-ethyl adjacent to an activating group) is 1. The van der Waals surface area contributed by atoms with Gasteiger partial charge in [-0.05, 0) is 31.2 Å². The predicted molar refractivity (Wildman–Crippen MR) is 83.0 cm³/mol. The van der Waals surface area contributed by atoms with E-state index < -0.39 is 9.84 Å². The summed E-state index contributed by atoms with van der Waals surface area (Å²) in [5, 5.41) is 0. The van der Waals surface area contributed by atoms with Crippen LogP contribution in [-0.2, 0) is 9.84 Å².